The molecule has 1 aliphatic rings. The zero-order valence-corrected chi connectivity index (χ0v) is 17.7. The number of aromatic nitrogens is 5. The highest BCUT2D eigenvalue weighted by atomic mass is 16.5. The zero-order chi connectivity index (χ0) is 22.5. The number of methoxy groups -OCH3 is 2. The predicted molar refractivity (Wildman–Crippen MR) is 112 cm³/mol. The van der Waals surface area contributed by atoms with Crippen LogP contribution in [0.1, 0.15) is 23.0 Å². The van der Waals surface area contributed by atoms with Gasteiger partial charge in [-0.05, 0) is 11.1 Å². The molecule has 3 aromatic rings. The van der Waals surface area contributed by atoms with Gasteiger partial charge in [-0.25, -0.2) is 19.7 Å². The Morgan fingerprint density at radius 1 is 0.969 bits per heavy atom. The molecule has 1 fully saturated rings. The molecule has 0 radical (unpaired) electrons. The molecule has 0 unspecified atom stereocenters. The van der Waals surface area contributed by atoms with Gasteiger partial charge < -0.3 is 14.4 Å². The maximum absolute atomic E-state index is 12.7. The third-order valence-corrected chi connectivity index (χ3v) is 5.31. The molecule has 0 spiro atoms. The summed E-state index contributed by atoms with van der Waals surface area (Å²) < 4.78 is 11.5. The van der Waals surface area contributed by atoms with Gasteiger partial charge in [-0.15, -0.1) is 5.10 Å². The highest BCUT2D eigenvalue weighted by molar-refractivity contribution is 5.75. The van der Waals surface area contributed by atoms with Crippen LogP contribution in [0.25, 0.3) is 0 Å². The highest BCUT2D eigenvalue weighted by Gasteiger charge is 2.29. The average molecular weight is 434 g/mol. The number of amides is 1. The first-order valence-electron chi connectivity index (χ1n) is 9.98. The van der Waals surface area contributed by atoms with Crippen molar-refractivity contribution in [2.75, 3.05) is 40.4 Å². The molecule has 0 saturated carbocycles. The second kappa shape index (κ2) is 9.40. The molecular formula is C21H22N8O3. The molecule has 11 heteroatoms. The van der Waals surface area contributed by atoms with Crippen LogP contribution in [0.5, 0.6) is 11.8 Å². The van der Waals surface area contributed by atoms with Gasteiger partial charge in [0, 0.05) is 50.7 Å². The molecule has 0 bridgehead atoms. The van der Waals surface area contributed by atoms with Crippen LogP contribution in [0.4, 0.5) is 4.79 Å². The number of carbonyl (C=O) groups is 1. The van der Waals surface area contributed by atoms with Gasteiger partial charge in [-0.2, -0.15) is 9.94 Å². The van der Waals surface area contributed by atoms with Gasteiger partial charge in [0.05, 0.1) is 20.3 Å². The Hall–Kier alpha value is -4.04. The van der Waals surface area contributed by atoms with E-state index in [0.29, 0.717) is 37.9 Å². The molecule has 0 N–H and O–H groups in total. The standard InChI is InChI=1S/C21H22N8O3/c1-31-18-5-3-15(12-23-18)20(16-4-6-19(32-2)24-13-16)27-7-9-28(10-8-27)21(30)29-14-25-17(11-22)26-29/h3-6,12-14,20H,7-10H2,1-2H3. The van der Waals surface area contributed by atoms with E-state index in [-0.39, 0.29) is 17.9 Å². The first kappa shape index (κ1) is 21.2. The van der Waals surface area contributed by atoms with Crippen molar-refractivity contribution >= 4 is 6.03 Å². The Morgan fingerprint density at radius 3 is 2.00 bits per heavy atom. The molecule has 164 valence electrons. The summed E-state index contributed by atoms with van der Waals surface area (Å²) in [6, 6.07) is 9.06. The van der Waals surface area contributed by atoms with Crippen LogP contribution in [-0.4, -0.2) is 81.0 Å². The fraction of sp³-hybridized carbons (Fsp3) is 0.333. The van der Waals surface area contributed by atoms with E-state index in [4.69, 9.17) is 14.7 Å². The van der Waals surface area contributed by atoms with E-state index < -0.39 is 0 Å². The summed E-state index contributed by atoms with van der Waals surface area (Å²) >= 11 is 0. The normalized spacial score (nSPS) is 14.2. The third kappa shape index (κ3) is 4.35. The number of piperazine rings is 1. The van der Waals surface area contributed by atoms with Gasteiger partial charge in [-0.1, -0.05) is 12.1 Å². The van der Waals surface area contributed by atoms with Gasteiger partial charge in [0.1, 0.15) is 12.4 Å². The second-order valence-electron chi connectivity index (χ2n) is 7.10. The van der Waals surface area contributed by atoms with E-state index in [1.54, 1.807) is 31.5 Å². The lowest BCUT2D eigenvalue weighted by molar-refractivity contribution is 0.119. The summed E-state index contributed by atoms with van der Waals surface area (Å²) in [6.45, 7) is 2.27. The van der Waals surface area contributed by atoms with Crippen LogP contribution < -0.4 is 9.47 Å². The van der Waals surface area contributed by atoms with Crippen molar-refractivity contribution in [1.82, 2.24) is 34.5 Å². The molecule has 0 atom stereocenters. The summed E-state index contributed by atoms with van der Waals surface area (Å²) in [5.74, 6) is 1.05. The van der Waals surface area contributed by atoms with Crippen molar-refractivity contribution in [3.8, 4) is 17.8 Å². The summed E-state index contributed by atoms with van der Waals surface area (Å²) in [7, 11) is 3.16. The van der Waals surface area contributed by atoms with Crippen molar-refractivity contribution in [3.05, 3.63) is 59.9 Å². The fourth-order valence-electron chi connectivity index (χ4n) is 3.69. The van der Waals surface area contributed by atoms with Gasteiger partial charge >= 0.3 is 6.03 Å². The topological polar surface area (TPSA) is 122 Å². The number of hydrogen-bond donors (Lipinski definition) is 0. The average Bonchev–Trinajstić information content (AvgIpc) is 3.34. The van der Waals surface area contributed by atoms with Crippen molar-refractivity contribution < 1.29 is 14.3 Å². The van der Waals surface area contributed by atoms with Gasteiger partial charge in [0.15, 0.2) is 0 Å². The monoisotopic (exact) mass is 434 g/mol. The Balaban J connectivity index is 1.53. The van der Waals surface area contributed by atoms with E-state index >= 15 is 0 Å². The van der Waals surface area contributed by atoms with E-state index in [9.17, 15) is 4.79 Å². The van der Waals surface area contributed by atoms with Crippen molar-refractivity contribution in [2.45, 2.75) is 6.04 Å². The fourth-order valence-corrected chi connectivity index (χ4v) is 3.69. The smallest absolute Gasteiger partial charge is 0.346 e. The van der Waals surface area contributed by atoms with E-state index in [1.807, 2.05) is 30.3 Å². The molecule has 1 aliphatic heterocycles. The minimum absolute atomic E-state index is 0.0314. The Morgan fingerprint density at radius 2 is 1.56 bits per heavy atom. The number of rotatable bonds is 5. The van der Waals surface area contributed by atoms with E-state index in [0.717, 1.165) is 15.8 Å². The first-order chi connectivity index (χ1) is 15.6. The Bertz CT molecular complexity index is 1050. The molecule has 1 amide bonds. The molecule has 3 aromatic heterocycles. The number of nitrogens with zero attached hydrogens (tertiary/aromatic N) is 8. The minimum Gasteiger partial charge on any atom is -0.481 e. The maximum atomic E-state index is 12.7. The first-order valence-corrected chi connectivity index (χ1v) is 9.98. The van der Waals surface area contributed by atoms with Gasteiger partial charge in [-0.3, -0.25) is 4.90 Å². The molecular weight excluding hydrogens is 412 g/mol. The number of carbonyl (C=O) groups excluding carboxylic acids is 1. The van der Waals surface area contributed by atoms with Crippen LogP contribution in [0.2, 0.25) is 0 Å². The number of pyridine rings is 2. The van der Waals surface area contributed by atoms with Crippen LogP contribution in [0.15, 0.2) is 43.0 Å². The number of nitriles is 1. The zero-order valence-electron chi connectivity index (χ0n) is 17.7. The van der Waals surface area contributed by atoms with Crippen LogP contribution in [0, 0.1) is 11.3 Å². The SMILES string of the molecule is COc1ccc(C(c2ccc(OC)nc2)N2CCN(C(=O)n3cnc(C#N)n3)CC2)cn1. The summed E-state index contributed by atoms with van der Waals surface area (Å²) in [6.07, 6.45) is 4.86. The summed E-state index contributed by atoms with van der Waals surface area (Å²) in [5, 5.41) is 12.8. The van der Waals surface area contributed by atoms with Crippen LogP contribution >= 0.6 is 0 Å². The quantitative estimate of drug-likeness (QED) is 0.585. The number of ether oxygens (including phenoxy) is 2. The largest absolute Gasteiger partial charge is 0.481 e. The summed E-state index contributed by atoms with van der Waals surface area (Å²) in [4.78, 5) is 29.2. The second-order valence-corrected chi connectivity index (χ2v) is 7.10. The molecule has 4 heterocycles. The lowest BCUT2D eigenvalue weighted by Crippen LogP contribution is -2.51. The molecule has 0 aromatic carbocycles. The van der Waals surface area contributed by atoms with Crippen molar-refractivity contribution in [2.24, 2.45) is 0 Å². The summed E-state index contributed by atoms with van der Waals surface area (Å²) in [5.41, 5.74) is 1.99. The molecule has 32 heavy (non-hydrogen) atoms. The maximum Gasteiger partial charge on any atom is 0.346 e. The Labute approximate surface area is 184 Å². The lowest BCUT2D eigenvalue weighted by atomic mass is 9.99. The number of hydrogen-bond acceptors (Lipinski definition) is 9. The van der Waals surface area contributed by atoms with Crippen molar-refractivity contribution in [3.63, 3.8) is 0 Å². The molecule has 1 saturated heterocycles. The minimum atomic E-state index is -0.299. The molecule has 0 aliphatic carbocycles. The third-order valence-electron chi connectivity index (χ3n) is 5.31. The Kier molecular flexibility index (Phi) is 6.23. The van der Waals surface area contributed by atoms with Crippen molar-refractivity contribution in [1.29, 1.82) is 5.26 Å². The predicted octanol–water partition coefficient (Wildman–Crippen LogP) is 1.33. The highest BCUT2D eigenvalue weighted by Crippen LogP contribution is 2.30. The van der Waals surface area contributed by atoms with Gasteiger partial charge in [0.2, 0.25) is 11.8 Å². The van der Waals surface area contributed by atoms with E-state index in [2.05, 4.69) is 25.0 Å². The van der Waals surface area contributed by atoms with Gasteiger partial charge in [0.25, 0.3) is 5.82 Å². The van der Waals surface area contributed by atoms with Crippen LogP contribution in [0.3, 0.4) is 0 Å². The molecule has 11 nitrogen and oxygen atoms in total. The van der Waals surface area contributed by atoms with Crippen LogP contribution in [-0.2, 0) is 0 Å². The lowest BCUT2D eigenvalue weighted by Gasteiger charge is -2.39. The van der Waals surface area contributed by atoms with E-state index in [1.165, 1.54) is 6.33 Å². The molecule has 4 rings (SSSR count).